The molecule has 5 heteroatoms. The van der Waals surface area contributed by atoms with Gasteiger partial charge >= 0.3 is 0 Å². The van der Waals surface area contributed by atoms with Gasteiger partial charge in [-0.1, -0.05) is 0 Å². The summed E-state index contributed by atoms with van der Waals surface area (Å²) in [7, 11) is 0. The monoisotopic (exact) mass is 252 g/mol. The number of hydrogen-bond acceptors (Lipinski definition) is 2. The van der Waals surface area contributed by atoms with Gasteiger partial charge in [0.1, 0.15) is 5.82 Å². The van der Waals surface area contributed by atoms with Gasteiger partial charge < -0.3 is 5.32 Å². The Hall–Kier alpha value is -2.04. The van der Waals surface area contributed by atoms with Crippen LogP contribution in [0, 0.1) is 17.5 Å². The SMILES string of the molecule is CC(Nc1cc(F)cc(F)c1F)c1ccncc1. The number of nitrogens with zero attached hydrogens (tertiary/aromatic N) is 1. The van der Waals surface area contributed by atoms with Gasteiger partial charge in [0.25, 0.3) is 0 Å². The molecule has 0 bridgehead atoms. The Morgan fingerprint density at radius 1 is 1.11 bits per heavy atom. The molecule has 1 heterocycles. The standard InChI is InChI=1S/C13H11F3N2/c1-8(9-2-4-17-5-3-9)18-12-7-10(14)6-11(15)13(12)16/h2-8,18H,1H3. The quantitative estimate of drug-likeness (QED) is 0.843. The van der Waals surface area contributed by atoms with E-state index >= 15 is 0 Å². The number of aromatic nitrogens is 1. The third-order valence-electron chi connectivity index (χ3n) is 2.57. The van der Waals surface area contributed by atoms with E-state index < -0.39 is 17.5 Å². The topological polar surface area (TPSA) is 24.9 Å². The van der Waals surface area contributed by atoms with Crippen LogP contribution in [0.4, 0.5) is 18.9 Å². The minimum Gasteiger partial charge on any atom is -0.376 e. The molecule has 2 nitrogen and oxygen atoms in total. The minimum absolute atomic E-state index is 0.197. The van der Waals surface area contributed by atoms with E-state index in [4.69, 9.17) is 0 Å². The maximum absolute atomic E-state index is 13.4. The molecule has 0 saturated carbocycles. The predicted octanol–water partition coefficient (Wildman–Crippen LogP) is 3.67. The zero-order valence-electron chi connectivity index (χ0n) is 9.62. The van der Waals surface area contributed by atoms with Crippen LogP contribution < -0.4 is 5.32 Å². The summed E-state index contributed by atoms with van der Waals surface area (Å²) in [5.74, 6) is -3.12. The summed E-state index contributed by atoms with van der Waals surface area (Å²) in [6.45, 7) is 1.76. The molecule has 0 aliphatic carbocycles. The average Bonchev–Trinajstić information content (AvgIpc) is 2.36. The fourth-order valence-corrected chi connectivity index (χ4v) is 1.63. The third-order valence-corrected chi connectivity index (χ3v) is 2.57. The van der Waals surface area contributed by atoms with Gasteiger partial charge in [-0.3, -0.25) is 4.98 Å². The number of rotatable bonds is 3. The van der Waals surface area contributed by atoms with Crippen molar-refractivity contribution in [2.24, 2.45) is 0 Å². The molecule has 0 saturated heterocycles. The summed E-state index contributed by atoms with van der Waals surface area (Å²) in [6, 6.07) is 4.63. The number of benzene rings is 1. The lowest BCUT2D eigenvalue weighted by molar-refractivity contribution is 0.496. The van der Waals surface area contributed by atoms with E-state index in [1.165, 1.54) is 0 Å². The summed E-state index contributed by atoms with van der Waals surface area (Å²) in [5, 5.41) is 2.73. The molecule has 1 atom stereocenters. The molecule has 0 aliphatic heterocycles. The molecular weight excluding hydrogens is 241 g/mol. The molecule has 1 N–H and O–H groups in total. The zero-order chi connectivity index (χ0) is 13.1. The molecule has 0 spiro atoms. The number of nitrogens with one attached hydrogen (secondary N) is 1. The third kappa shape index (κ3) is 2.61. The van der Waals surface area contributed by atoms with Crippen molar-refractivity contribution in [3.8, 4) is 0 Å². The number of pyridine rings is 1. The molecule has 2 rings (SSSR count). The van der Waals surface area contributed by atoms with Crippen molar-refractivity contribution in [2.75, 3.05) is 5.32 Å². The Labute approximate surface area is 102 Å². The van der Waals surface area contributed by atoms with Crippen molar-refractivity contribution < 1.29 is 13.2 Å². The maximum atomic E-state index is 13.4. The highest BCUT2D eigenvalue weighted by atomic mass is 19.2. The predicted molar refractivity (Wildman–Crippen MR) is 62.6 cm³/mol. The minimum atomic E-state index is -1.21. The summed E-state index contributed by atoms with van der Waals surface area (Å²) < 4.78 is 39.5. The van der Waals surface area contributed by atoms with E-state index in [1.54, 1.807) is 31.5 Å². The first kappa shape index (κ1) is 12.4. The molecule has 0 aliphatic rings. The second-order valence-corrected chi connectivity index (χ2v) is 3.90. The van der Waals surface area contributed by atoms with Crippen molar-refractivity contribution in [1.29, 1.82) is 0 Å². The van der Waals surface area contributed by atoms with Gasteiger partial charge in [-0.15, -0.1) is 0 Å². The summed E-state index contributed by atoms with van der Waals surface area (Å²) in [6.07, 6.45) is 3.19. The van der Waals surface area contributed by atoms with Crippen LogP contribution >= 0.6 is 0 Å². The highest BCUT2D eigenvalue weighted by Crippen LogP contribution is 2.24. The highest BCUT2D eigenvalue weighted by molar-refractivity contribution is 5.47. The van der Waals surface area contributed by atoms with E-state index in [0.29, 0.717) is 6.07 Å². The van der Waals surface area contributed by atoms with E-state index in [-0.39, 0.29) is 11.7 Å². The normalized spacial score (nSPS) is 12.2. The molecule has 0 fully saturated rings. The van der Waals surface area contributed by atoms with E-state index in [2.05, 4.69) is 10.3 Å². The molecule has 94 valence electrons. The lowest BCUT2D eigenvalue weighted by Crippen LogP contribution is -2.09. The number of halogens is 3. The Morgan fingerprint density at radius 2 is 1.78 bits per heavy atom. The van der Waals surface area contributed by atoms with Gasteiger partial charge in [-0.25, -0.2) is 13.2 Å². The molecule has 0 amide bonds. The first-order chi connectivity index (χ1) is 8.58. The highest BCUT2D eigenvalue weighted by Gasteiger charge is 2.13. The van der Waals surface area contributed by atoms with Crippen LogP contribution in [-0.4, -0.2) is 4.98 Å². The Morgan fingerprint density at radius 3 is 2.44 bits per heavy atom. The Balaban J connectivity index is 2.24. The fraction of sp³-hybridized carbons (Fsp3) is 0.154. The van der Waals surface area contributed by atoms with Gasteiger partial charge in [0.2, 0.25) is 0 Å². The summed E-state index contributed by atoms with van der Waals surface area (Å²) in [4.78, 5) is 3.86. The molecule has 1 unspecified atom stereocenters. The molecule has 0 radical (unpaired) electrons. The number of hydrogen-bond donors (Lipinski definition) is 1. The average molecular weight is 252 g/mol. The van der Waals surface area contributed by atoms with Crippen molar-refractivity contribution >= 4 is 5.69 Å². The van der Waals surface area contributed by atoms with E-state index in [0.717, 1.165) is 11.6 Å². The Kier molecular flexibility index (Phi) is 3.50. The lowest BCUT2D eigenvalue weighted by atomic mass is 10.1. The fourth-order valence-electron chi connectivity index (χ4n) is 1.63. The van der Waals surface area contributed by atoms with Crippen molar-refractivity contribution in [3.63, 3.8) is 0 Å². The van der Waals surface area contributed by atoms with Crippen LogP contribution in [0.1, 0.15) is 18.5 Å². The van der Waals surface area contributed by atoms with Gasteiger partial charge in [0.05, 0.1) is 5.69 Å². The van der Waals surface area contributed by atoms with Crippen LogP contribution in [0.25, 0.3) is 0 Å². The summed E-state index contributed by atoms with van der Waals surface area (Å²) >= 11 is 0. The largest absolute Gasteiger partial charge is 0.376 e. The van der Waals surface area contributed by atoms with Crippen molar-refractivity contribution in [1.82, 2.24) is 4.98 Å². The summed E-state index contributed by atoms with van der Waals surface area (Å²) in [5.41, 5.74) is 0.644. The number of anilines is 1. The van der Waals surface area contributed by atoms with Gasteiger partial charge in [-0.2, -0.15) is 0 Å². The van der Waals surface area contributed by atoms with Gasteiger partial charge in [-0.05, 0) is 24.6 Å². The first-order valence-corrected chi connectivity index (χ1v) is 5.39. The Bertz CT molecular complexity index is 543. The zero-order valence-corrected chi connectivity index (χ0v) is 9.62. The van der Waals surface area contributed by atoms with Crippen LogP contribution in [0.15, 0.2) is 36.7 Å². The van der Waals surface area contributed by atoms with Crippen LogP contribution in [0.5, 0.6) is 0 Å². The van der Waals surface area contributed by atoms with Gasteiger partial charge in [0, 0.05) is 30.6 Å². The van der Waals surface area contributed by atoms with E-state index in [9.17, 15) is 13.2 Å². The molecule has 1 aromatic heterocycles. The van der Waals surface area contributed by atoms with Crippen molar-refractivity contribution in [2.45, 2.75) is 13.0 Å². The maximum Gasteiger partial charge on any atom is 0.182 e. The van der Waals surface area contributed by atoms with E-state index in [1.807, 2.05) is 0 Å². The molecular formula is C13H11F3N2. The molecule has 1 aromatic carbocycles. The van der Waals surface area contributed by atoms with Crippen molar-refractivity contribution in [3.05, 3.63) is 59.7 Å². The second-order valence-electron chi connectivity index (χ2n) is 3.90. The first-order valence-electron chi connectivity index (χ1n) is 5.39. The van der Waals surface area contributed by atoms with Crippen LogP contribution in [-0.2, 0) is 0 Å². The molecule has 2 aromatic rings. The van der Waals surface area contributed by atoms with Crippen LogP contribution in [0.2, 0.25) is 0 Å². The van der Waals surface area contributed by atoms with Crippen LogP contribution in [0.3, 0.4) is 0 Å². The smallest absolute Gasteiger partial charge is 0.182 e. The lowest BCUT2D eigenvalue weighted by Gasteiger charge is -2.16. The molecule has 18 heavy (non-hydrogen) atoms. The van der Waals surface area contributed by atoms with Gasteiger partial charge in [0.15, 0.2) is 11.6 Å². The second kappa shape index (κ2) is 5.08.